The second kappa shape index (κ2) is 8.76. The van der Waals surface area contributed by atoms with Gasteiger partial charge in [0.25, 0.3) is 5.91 Å². The van der Waals surface area contributed by atoms with Gasteiger partial charge in [-0.1, -0.05) is 36.0 Å². The Morgan fingerprint density at radius 2 is 1.87 bits per heavy atom. The van der Waals surface area contributed by atoms with Crippen LogP contribution in [-0.2, 0) is 0 Å². The van der Waals surface area contributed by atoms with Gasteiger partial charge in [0.2, 0.25) is 0 Å². The first-order chi connectivity index (χ1) is 14.4. The second-order valence-corrected chi connectivity index (χ2v) is 8.20. The molecule has 2 N–H and O–H groups in total. The molecular formula is C22H20Cl2FN3O2. The highest BCUT2D eigenvalue weighted by Crippen LogP contribution is 2.31. The fraction of sp³-hybridized carbons (Fsp3) is 0.273. The van der Waals surface area contributed by atoms with E-state index in [9.17, 15) is 14.3 Å². The van der Waals surface area contributed by atoms with Gasteiger partial charge in [-0.2, -0.15) is 0 Å². The minimum Gasteiger partial charge on any atom is -0.391 e. The number of benzene rings is 2. The molecule has 2 aromatic carbocycles. The summed E-state index contributed by atoms with van der Waals surface area (Å²) < 4.78 is 15.1. The van der Waals surface area contributed by atoms with Crippen LogP contribution in [0.2, 0.25) is 10.0 Å². The van der Waals surface area contributed by atoms with Gasteiger partial charge in [-0.15, -0.1) is 0 Å². The number of nitrogens with zero attached hydrogens (tertiary/aromatic N) is 2. The highest BCUT2D eigenvalue weighted by molar-refractivity contribution is 6.36. The Kier molecular flexibility index (Phi) is 6.09. The molecule has 0 spiro atoms. The summed E-state index contributed by atoms with van der Waals surface area (Å²) in [6, 6.07) is 10.6. The summed E-state index contributed by atoms with van der Waals surface area (Å²) in [6.45, 7) is 0. The third-order valence-electron chi connectivity index (χ3n) is 5.26. The molecule has 1 aliphatic carbocycles. The number of imidazole rings is 1. The summed E-state index contributed by atoms with van der Waals surface area (Å²) in [5.74, 6) is -0.319. The number of halogens is 3. The van der Waals surface area contributed by atoms with E-state index in [4.69, 9.17) is 23.2 Å². The molecular weight excluding hydrogens is 428 g/mol. The minimum absolute atomic E-state index is 0.179. The number of hydrogen-bond donors (Lipinski definition) is 2. The Labute approximate surface area is 183 Å². The number of hydrogen-bond acceptors (Lipinski definition) is 3. The van der Waals surface area contributed by atoms with Crippen LogP contribution < -0.4 is 5.32 Å². The molecule has 1 amide bonds. The number of aliphatic hydroxyl groups is 1. The smallest absolute Gasteiger partial charge is 0.271 e. The van der Waals surface area contributed by atoms with Crippen LogP contribution in [0.1, 0.15) is 36.2 Å². The monoisotopic (exact) mass is 447 g/mol. The third kappa shape index (κ3) is 4.36. The van der Waals surface area contributed by atoms with Gasteiger partial charge >= 0.3 is 0 Å². The van der Waals surface area contributed by atoms with Gasteiger partial charge in [-0.3, -0.25) is 9.36 Å². The molecule has 5 nitrogen and oxygen atoms in total. The molecule has 0 unspecified atom stereocenters. The molecule has 3 aromatic rings. The summed E-state index contributed by atoms with van der Waals surface area (Å²) in [5, 5.41) is 13.9. The van der Waals surface area contributed by atoms with Crippen LogP contribution in [0, 0.1) is 5.82 Å². The average Bonchev–Trinajstić information content (AvgIpc) is 3.15. The predicted molar refractivity (Wildman–Crippen MR) is 115 cm³/mol. The first-order valence-corrected chi connectivity index (χ1v) is 10.5. The van der Waals surface area contributed by atoms with Crippen LogP contribution in [-0.4, -0.2) is 32.7 Å². The third-order valence-corrected chi connectivity index (χ3v) is 5.81. The van der Waals surface area contributed by atoms with E-state index in [2.05, 4.69) is 10.3 Å². The molecule has 1 saturated carbocycles. The van der Waals surface area contributed by atoms with E-state index in [0.29, 0.717) is 33.5 Å². The number of nitrogens with one attached hydrogen (secondary N) is 1. The molecule has 0 bridgehead atoms. The van der Waals surface area contributed by atoms with Crippen molar-refractivity contribution in [1.29, 1.82) is 0 Å². The van der Waals surface area contributed by atoms with Gasteiger partial charge in [-0.05, 0) is 55.3 Å². The molecule has 1 aliphatic rings. The summed E-state index contributed by atoms with van der Waals surface area (Å²) in [7, 11) is 0. The van der Waals surface area contributed by atoms with Crippen molar-refractivity contribution < 1.29 is 14.3 Å². The van der Waals surface area contributed by atoms with Crippen molar-refractivity contribution in [2.45, 2.75) is 37.8 Å². The summed E-state index contributed by atoms with van der Waals surface area (Å²) >= 11 is 12.4. The molecule has 0 radical (unpaired) electrons. The molecule has 30 heavy (non-hydrogen) atoms. The lowest BCUT2D eigenvalue weighted by molar-refractivity contribution is 0.0714. The summed E-state index contributed by atoms with van der Waals surface area (Å²) in [6.07, 6.45) is 4.32. The van der Waals surface area contributed by atoms with E-state index in [1.54, 1.807) is 41.1 Å². The Morgan fingerprint density at radius 1 is 1.13 bits per heavy atom. The molecule has 2 atom stereocenters. The van der Waals surface area contributed by atoms with Gasteiger partial charge in [0.05, 0.1) is 17.2 Å². The largest absolute Gasteiger partial charge is 0.391 e. The lowest BCUT2D eigenvalue weighted by Gasteiger charge is -2.27. The van der Waals surface area contributed by atoms with Crippen molar-refractivity contribution in [2.75, 3.05) is 0 Å². The highest BCUT2D eigenvalue weighted by Gasteiger charge is 2.26. The number of aromatic nitrogens is 2. The number of carbonyl (C=O) groups excluding carboxylic acids is 1. The zero-order chi connectivity index (χ0) is 21.3. The van der Waals surface area contributed by atoms with E-state index in [0.717, 1.165) is 19.3 Å². The molecule has 4 rings (SSSR count). The predicted octanol–water partition coefficient (Wildman–Crippen LogP) is 5.02. The fourth-order valence-electron chi connectivity index (χ4n) is 3.67. The van der Waals surface area contributed by atoms with Gasteiger partial charge in [0.15, 0.2) is 0 Å². The maximum Gasteiger partial charge on any atom is 0.271 e. The zero-order valence-electron chi connectivity index (χ0n) is 16.0. The quantitative estimate of drug-likeness (QED) is 0.589. The first kappa shape index (κ1) is 20.8. The Hall–Kier alpha value is -2.41. The molecule has 1 aromatic heterocycles. The number of carbonyl (C=O) groups is 1. The van der Waals surface area contributed by atoms with Crippen LogP contribution in [0.4, 0.5) is 4.39 Å². The van der Waals surface area contributed by atoms with Gasteiger partial charge in [0.1, 0.15) is 17.3 Å². The standard InChI is InChI=1S/C22H20Cl2FN3O2/c23-13-5-10-16(17(24)11-13)21-26-19(12-28(21)15-8-6-14(25)7-9-15)22(30)27-18-3-1-2-4-20(18)29/h5-12,18,20,29H,1-4H2,(H,27,30)/t18-,20-/m1/s1. The molecule has 0 saturated heterocycles. The lowest BCUT2D eigenvalue weighted by atomic mass is 9.92. The molecule has 8 heteroatoms. The number of aliphatic hydroxyl groups excluding tert-OH is 1. The maximum absolute atomic E-state index is 13.4. The molecule has 0 aliphatic heterocycles. The average molecular weight is 448 g/mol. The fourth-order valence-corrected chi connectivity index (χ4v) is 4.16. The summed E-state index contributed by atoms with van der Waals surface area (Å²) in [4.78, 5) is 17.4. The van der Waals surface area contributed by atoms with E-state index in [1.807, 2.05) is 0 Å². The SMILES string of the molecule is O=C(N[C@@H]1CCCC[C@H]1O)c1cn(-c2ccc(F)cc2)c(-c2ccc(Cl)cc2Cl)n1. The second-order valence-electron chi connectivity index (χ2n) is 7.35. The number of amides is 1. The number of rotatable bonds is 4. The normalized spacial score (nSPS) is 18.9. The van der Waals surface area contributed by atoms with Crippen molar-refractivity contribution in [1.82, 2.24) is 14.9 Å². The van der Waals surface area contributed by atoms with Gasteiger partial charge < -0.3 is 10.4 Å². The van der Waals surface area contributed by atoms with Gasteiger partial charge in [-0.25, -0.2) is 9.37 Å². The topological polar surface area (TPSA) is 67.2 Å². The Morgan fingerprint density at radius 3 is 2.57 bits per heavy atom. The van der Waals surface area contributed by atoms with Crippen LogP contribution in [0.5, 0.6) is 0 Å². The highest BCUT2D eigenvalue weighted by atomic mass is 35.5. The van der Waals surface area contributed by atoms with E-state index in [-0.39, 0.29) is 23.5 Å². The zero-order valence-corrected chi connectivity index (χ0v) is 17.5. The van der Waals surface area contributed by atoms with Crippen molar-refractivity contribution in [3.8, 4) is 17.1 Å². The Bertz CT molecular complexity index is 1070. The Balaban J connectivity index is 1.73. The van der Waals surface area contributed by atoms with E-state index < -0.39 is 6.10 Å². The molecule has 1 heterocycles. The first-order valence-electron chi connectivity index (χ1n) is 9.72. The lowest BCUT2D eigenvalue weighted by Crippen LogP contribution is -2.45. The van der Waals surface area contributed by atoms with Crippen LogP contribution in [0.3, 0.4) is 0 Å². The van der Waals surface area contributed by atoms with Crippen LogP contribution >= 0.6 is 23.2 Å². The minimum atomic E-state index is -0.563. The van der Waals surface area contributed by atoms with E-state index >= 15 is 0 Å². The van der Waals surface area contributed by atoms with Crippen molar-refractivity contribution in [2.24, 2.45) is 0 Å². The van der Waals surface area contributed by atoms with Crippen molar-refractivity contribution in [3.05, 3.63) is 70.2 Å². The van der Waals surface area contributed by atoms with Crippen molar-refractivity contribution in [3.63, 3.8) is 0 Å². The maximum atomic E-state index is 13.4. The van der Waals surface area contributed by atoms with E-state index in [1.165, 1.54) is 12.1 Å². The van der Waals surface area contributed by atoms with Crippen LogP contribution in [0.15, 0.2) is 48.7 Å². The van der Waals surface area contributed by atoms with Crippen molar-refractivity contribution >= 4 is 29.1 Å². The van der Waals surface area contributed by atoms with Gasteiger partial charge in [0, 0.05) is 22.5 Å². The molecule has 1 fully saturated rings. The summed E-state index contributed by atoms with van der Waals surface area (Å²) in [5.41, 5.74) is 1.39. The van der Waals surface area contributed by atoms with Crippen LogP contribution in [0.25, 0.3) is 17.1 Å². The molecule has 156 valence electrons.